The second-order valence-electron chi connectivity index (χ2n) is 4.67. The molecule has 0 saturated carbocycles. The van der Waals surface area contributed by atoms with E-state index in [2.05, 4.69) is 15.3 Å². The van der Waals surface area contributed by atoms with Gasteiger partial charge in [0.05, 0.1) is 0 Å². The molecule has 2 heterocycles. The minimum absolute atomic E-state index is 0.173. The molecule has 0 aliphatic heterocycles. The molecule has 0 radical (unpaired) electrons. The fourth-order valence-corrected chi connectivity index (χ4v) is 2.07. The number of aromatic amines is 1. The van der Waals surface area contributed by atoms with Crippen LogP contribution in [0.3, 0.4) is 0 Å². The molecule has 0 aromatic carbocycles. The first-order valence-electron chi connectivity index (χ1n) is 6.90. The summed E-state index contributed by atoms with van der Waals surface area (Å²) in [4.78, 5) is 30.0. The van der Waals surface area contributed by atoms with E-state index in [9.17, 15) is 9.59 Å². The minimum Gasteiger partial charge on any atom is -0.383 e. The smallest absolute Gasteiger partial charge is 0.330 e. The molecule has 0 spiro atoms. The summed E-state index contributed by atoms with van der Waals surface area (Å²) in [6.07, 6.45) is 3.13. The Bertz CT molecular complexity index is 706. The van der Waals surface area contributed by atoms with Gasteiger partial charge >= 0.3 is 5.69 Å². The van der Waals surface area contributed by atoms with Crippen LogP contribution >= 0.6 is 0 Å². The zero-order chi connectivity index (χ0) is 15.2. The normalized spacial score (nSPS) is 10.5. The lowest BCUT2D eigenvalue weighted by Crippen LogP contribution is -2.34. The maximum Gasteiger partial charge on any atom is 0.330 e. The molecule has 0 bridgehead atoms. The fraction of sp³-hybridized carbons (Fsp3) is 0.357. The van der Waals surface area contributed by atoms with Crippen molar-refractivity contribution in [3.63, 3.8) is 0 Å². The van der Waals surface area contributed by atoms with E-state index >= 15 is 0 Å². The third kappa shape index (κ3) is 3.50. The lowest BCUT2D eigenvalue weighted by molar-refractivity contribution is 0.642. The Morgan fingerprint density at radius 3 is 2.86 bits per heavy atom. The van der Waals surface area contributed by atoms with Crippen molar-refractivity contribution >= 4 is 11.5 Å². The molecule has 21 heavy (non-hydrogen) atoms. The Labute approximate surface area is 121 Å². The lowest BCUT2D eigenvalue weighted by atomic mass is 10.2. The Balaban J connectivity index is 2.14. The summed E-state index contributed by atoms with van der Waals surface area (Å²) in [5.74, 6) is 0.173. The van der Waals surface area contributed by atoms with Crippen LogP contribution in [-0.4, -0.2) is 21.1 Å². The van der Waals surface area contributed by atoms with Crippen molar-refractivity contribution in [3.8, 4) is 0 Å². The van der Waals surface area contributed by atoms with Crippen molar-refractivity contribution in [2.75, 3.05) is 17.6 Å². The average Bonchev–Trinajstić information content (AvgIpc) is 2.48. The molecule has 0 atom stereocenters. The third-order valence-electron chi connectivity index (χ3n) is 3.10. The SMILES string of the molecule is CCCn1c(N)c(NCCc2ccccn2)c(=O)[nH]c1=O. The number of pyridine rings is 1. The number of hydrogen-bond donors (Lipinski definition) is 3. The Hall–Kier alpha value is -2.57. The molecule has 112 valence electrons. The molecule has 0 unspecified atom stereocenters. The van der Waals surface area contributed by atoms with Crippen LogP contribution in [0.1, 0.15) is 19.0 Å². The monoisotopic (exact) mass is 289 g/mol. The molecule has 0 fully saturated rings. The highest BCUT2D eigenvalue weighted by Crippen LogP contribution is 2.10. The highest BCUT2D eigenvalue weighted by atomic mass is 16.2. The van der Waals surface area contributed by atoms with E-state index in [1.807, 2.05) is 25.1 Å². The summed E-state index contributed by atoms with van der Waals surface area (Å²) in [5.41, 5.74) is 6.10. The summed E-state index contributed by atoms with van der Waals surface area (Å²) in [7, 11) is 0. The van der Waals surface area contributed by atoms with Crippen LogP contribution < -0.4 is 22.3 Å². The third-order valence-corrected chi connectivity index (χ3v) is 3.10. The lowest BCUT2D eigenvalue weighted by Gasteiger charge is -2.13. The van der Waals surface area contributed by atoms with E-state index in [-0.39, 0.29) is 11.5 Å². The number of nitrogens with one attached hydrogen (secondary N) is 2. The summed E-state index contributed by atoms with van der Waals surface area (Å²) in [6.45, 7) is 2.91. The van der Waals surface area contributed by atoms with Gasteiger partial charge in [-0.05, 0) is 18.6 Å². The van der Waals surface area contributed by atoms with Crippen molar-refractivity contribution in [1.82, 2.24) is 14.5 Å². The number of nitrogen functional groups attached to an aromatic ring is 1. The Morgan fingerprint density at radius 2 is 2.19 bits per heavy atom. The standard InChI is InChI=1S/C14H19N5O2/c1-2-9-19-12(15)11(13(20)18-14(19)21)17-8-6-10-5-3-4-7-16-10/h3-5,7,17H,2,6,8-9,15H2,1H3,(H,18,20,21). The number of hydrogen-bond acceptors (Lipinski definition) is 5. The molecule has 4 N–H and O–H groups in total. The van der Waals surface area contributed by atoms with Crippen molar-refractivity contribution in [1.29, 1.82) is 0 Å². The zero-order valence-corrected chi connectivity index (χ0v) is 11.9. The van der Waals surface area contributed by atoms with Gasteiger partial charge in [0.15, 0.2) is 0 Å². The highest BCUT2D eigenvalue weighted by Gasteiger charge is 2.11. The van der Waals surface area contributed by atoms with Crippen LogP contribution in [-0.2, 0) is 13.0 Å². The second-order valence-corrected chi connectivity index (χ2v) is 4.67. The molecule has 0 saturated heterocycles. The largest absolute Gasteiger partial charge is 0.383 e. The molecule has 2 aromatic heterocycles. The molecule has 2 rings (SSSR count). The first-order chi connectivity index (χ1) is 10.1. The van der Waals surface area contributed by atoms with Gasteiger partial charge in [0.1, 0.15) is 11.5 Å². The van der Waals surface area contributed by atoms with Crippen LogP contribution in [0, 0.1) is 0 Å². The van der Waals surface area contributed by atoms with Crippen molar-refractivity contribution in [3.05, 3.63) is 50.9 Å². The topological polar surface area (TPSA) is 106 Å². The van der Waals surface area contributed by atoms with E-state index in [1.54, 1.807) is 6.20 Å². The van der Waals surface area contributed by atoms with Crippen LogP contribution in [0.15, 0.2) is 34.0 Å². The highest BCUT2D eigenvalue weighted by molar-refractivity contribution is 5.60. The van der Waals surface area contributed by atoms with Gasteiger partial charge in [0, 0.05) is 31.4 Å². The van der Waals surface area contributed by atoms with Gasteiger partial charge in [-0.15, -0.1) is 0 Å². The molecule has 2 aromatic rings. The quantitative estimate of drug-likeness (QED) is 0.721. The predicted octanol–water partition coefficient (Wildman–Crippen LogP) is 0.578. The van der Waals surface area contributed by atoms with Gasteiger partial charge in [0.2, 0.25) is 0 Å². The van der Waals surface area contributed by atoms with Gasteiger partial charge in [-0.2, -0.15) is 0 Å². The maximum atomic E-state index is 11.8. The van der Waals surface area contributed by atoms with Gasteiger partial charge in [-0.3, -0.25) is 19.3 Å². The van der Waals surface area contributed by atoms with Gasteiger partial charge in [-0.25, -0.2) is 4.79 Å². The van der Waals surface area contributed by atoms with Crippen molar-refractivity contribution in [2.45, 2.75) is 26.3 Å². The number of anilines is 2. The van der Waals surface area contributed by atoms with E-state index in [0.29, 0.717) is 19.5 Å². The summed E-state index contributed by atoms with van der Waals surface area (Å²) in [6, 6.07) is 5.67. The zero-order valence-electron chi connectivity index (χ0n) is 11.9. The minimum atomic E-state index is -0.495. The Morgan fingerprint density at radius 1 is 1.38 bits per heavy atom. The molecule has 7 nitrogen and oxygen atoms in total. The number of nitrogens with two attached hydrogens (primary N) is 1. The van der Waals surface area contributed by atoms with Crippen LogP contribution in [0.2, 0.25) is 0 Å². The van der Waals surface area contributed by atoms with Crippen LogP contribution in [0.25, 0.3) is 0 Å². The Kier molecular flexibility index (Phi) is 4.76. The predicted molar refractivity (Wildman–Crippen MR) is 82.5 cm³/mol. The maximum absolute atomic E-state index is 11.8. The van der Waals surface area contributed by atoms with Crippen molar-refractivity contribution in [2.24, 2.45) is 0 Å². The van der Waals surface area contributed by atoms with Gasteiger partial charge < -0.3 is 11.1 Å². The van der Waals surface area contributed by atoms with Crippen molar-refractivity contribution < 1.29 is 0 Å². The summed E-state index contributed by atoms with van der Waals surface area (Å²) >= 11 is 0. The molecule has 0 amide bonds. The first kappa shape index (κ1) is 14.8. The van der Waals surface area contributed by atoms with E-state index in [4.69, 9.17) is 5.73 Å². The average molecular weight is 289 g/mol. The van der Waals surface area contributed by atoms with Gasteiger partial charge in [-0.1, -0.05) is 13.0 Å². The van der Waals surface area contributed by atoms with E-state index < -0.39 is 11.2 Å². The number of aromatic nitrogens is 3. The van der Waals surface area contributed by atoms with E-state index in [0.717, 1.165) is 12.1 Å². The molecule has 7 heteroatoms. The van der Waals surface area contributed by atoms with Gasteiger partial charge in [0.25, 0.3) is 5.56 Å². The number of nitrogens with zero attached hydrogens (tertiary/aromatic N) is 2. The molecular weight excluding hydrogens is 270 g/mol. The first-order valence-corrected chi connectivity index (χ1v) is 6.90. The fourth-order valence-electron chi connectivity index (χ4n) is 2.07. The van der Waals surface area contributed by atoms with Crippen LogP contribution in [0.4, 0.5) is 11.5 Å². The molecule has 0 aliphatic carbocycles. The summed E-state index contributed by atoms with van der Waals surface area (Å²) < 4.78 is 1.37. The summed E-state index contributed by atoms with van der Waals surface area (Å²) in [5, 5.41) is 2.99. The number of rotatable bonds is 6. The second kappa shape index (κ2) is 6.74. The molecule has 0 aliphatic rings. The van der Waals surface area contributed by atoms with E-state index in [1.165, 1.54) is 4.57 Å². The number of H-pyrrole nitrogens is 1. The van der Waals surface area contributed by atoms with Crippen LogP contribution in [0.5, 0.6) is 0 Å². The molecular formula is C14H19N5O2.